The van der Waals surface area contributed by atoms with Crippen LogP contribution in [0.25, 0.3) is 0 Å². The molecule has 0 fully saturated rings. The van der Waals surface area contributed by atoms with Gasteiger partial charge in [0, 0.05) is 13.1 Å². The maximum absolute atomic E-state index is 10.3. The Hall–Kier alpha value is -1.43. The Bertz CT molecular complexity index is 354. The molecule has 0 bridgehead atoms. The van der Waals surface area contributed by atoms with Crippen molar-refractivity contribution in [2.75, 3.05) is 6.54 Å². The highest BCUT2D eigenvalue weighted by molar-refractivity contribution is 5.66. The van der Waals surface area contributed by atoms with E-state index in [1.165, 1.54) is 0 Å². The van der Waals surface area contributed by atoms with Gasteiger partial charge < -0.3 is 10.4 Å². The Balaban J connectivity index is 2.38. The minimum Gasteiger partial charge on any atom is -0.481 e. The standard InChI is InChI=1S/C10H18N4O2/c1-10(2,3)14-7-8(12-13-14)6-11-5-4-9(15)16/h7,11H,4-6H2,1-3H3,(H,15,16). The van der Waals surface area contributed by atoms with Gasteiger partial charge in [0.25, 0.3) is 0 Å². The van der Waals surface area contributed by atoms with Gasteiger partial charge >= 0.3 is 5.97 Å². The Morgan fingerprint density at radius 3 is 2.75 bits per heavy atom. The first-order valence-corrected chi connectivity index (χ1v) is 5.24. The van der Waals surface area contributed by atoms with Gasteiger partial charge in [-0.1, -0.05) is 5.21 Å². The normalized spacial score (nSPS) is 11.7. The zero-order valence-electron chi connectivity index (χ0n) is 9.90. The van der Waals surface area contributed by atoms with Crippen LogP contribution in [0, 0.1) is 0 Å². The van der Waals surface area contributed by atoms with Crippen LogP contribution in [-0.2, 0) is 16.9 Å². The first-order chi connectivity index (χ1) is 7.39. The third-order valence-electron chi connectivity index (χ3n) is 2.05. The molecule has 0 aromatic carbocycles. The largest absolute Gasteiger partial charge is 0.481 e. The summed E-state index contributed by atoms with van der Waals surface area (Å²) in [6.07, 6.45) is 1.99. The molecule has 90 valence electrons. The summed E-state index contributed by atoms with van der Waals surface area (Å²) in [4.78, 5) is 10.3. The van der Waals surface area contributed by atoms with Crippen molar-refractivity contribution in [3.63, 3.8) is 0 Å². The average Bonchev–Trinajstić information content (AvgIpc) is 2.59. The van der Waals surface area contributed by atoms with Gasteiger partial charge in [-0.15, -0.1) is 5.10 Å². The SMILES string of the molecule is CC(C)(C)n1cc(CNCCC(=O)O)nn1. The predicted molar refractivity (Wildman–Crippen MR) is 59.0 cm³/mol. The summed E-state index contributed by atoms with van der Waals surface area (Å²) in [6.45, 7) is 7.12. The molecule has 16 heavy (non-hydrogen) atoms. The molecule has 1 aromatic heterocycles. The molecule has 0 saturated carbocycles. The molecular formula is C10H18N4O2. The molecule has 0 aliphatic heterocycles. The second-order valence-corrected chi connectivity index (χ2v) is 4.65. The summed E-state index contributed by atoms with van der Waals surface area (Å²) in [7, 11) is 0. The Kier molecular flexibility index (Phi) is 4.00. The molecule has 1 rings (SSSR count). The quantitative estimate of drug-likeness (QED) is 0.718. The van der Waals surface area contributed by atoms with E-state index in [0.29, 0.717) is 13.1 Å². The smallest absolute Gasteiger partial charge is 0.304 e. The fourth-order valence-corrected chi connectivity index (χ4v) is 1.12. The number of hydrogen-bond donors (Lipinski definition) is 2. The van der Waals surface area contributed by atoms with Crippen molar-refractivity contribution in [2.45, 2.75) is 39.3 Å². The summed E-state index contributed by atoms with van der Waals surface area (Å²) in [5.74, 6) is -0.800. The number of carboxylic acids is 1. The molecule has 6 heteroatoms. The first-order valence-electron chi connectivity index (χ1n) is 5.24. The molecule has 6 nitrogen and oxygen atoms in total. The molecule has 0 radical (unpaired) electrons. The van der Waals surface area contributed by atoms with Gasteiger partial charge in [0.1, 0.15) is 0 Å². The van der Waals surface area contributed by atoms with Crippen LogP contribution < -0.4 is 5.32 Å². The van der Waals surface area contributed by atoms with Gasteiger partial charge in [-0.05, 0) is 20.8 Å². The Morgan fingerprint density at radius 1 is 1.56 bits per heavy atom. The molecule has 1 heterocycles. The summed E-state index contributed by atoms with van der Waals surface area (Å²) in [6, 6.07) is 0. The predicted octanol–water partition coefficient (Wildman–Crippen LogP) is 0.597. The summed E-state index contributed by atoms with van der Waals surface area (Å²) in [5, 5.41) is 19.5. The van der Waals surface area contributed by atoms with Crippen LogP contribution in [0.5, 0.6) is 0 Å². The van der Waals surface area contributed by atoms with Crippen LogP contribution in [0.3, 0.4) is 0 Å². The van der Waals surface area contributed by atoms with Crippen LogP contribution in [0.15, 0.2) is 6.20 Å². The number of nitrogens with zero attached hydrogens (tertiary/aromatic N) is 3. The number of carbonyl (C=O) groups is 1. The van der Waals surface area contributed by atoms with E-state index in [9.17, 15) is 4.79 Å². The van der Waals surface area contributed by atoms with Crippen LogP contribution >= 0.6 is 0 Å². The van der Waals surface area contributed by atoms with E-state index in [4.69, 9.17) is 5.11 Å². The van der Waals surface area contributed by atoms with E-state index < -0.39 is 5.97 Å². The lowest BCUT2D eigenvalue weighted by Gasteiger charge is -2.17. The van der Waals surface area contributed by atoms with Crippen LogP contribution in [0.2, 0.25) is 0 Å². The van der Waals surface area contributed by atoms with Crippen molar-refractivity contribution in [2.24, 2.45) is 0 Å². The second kappa shape index (κ2) is 5.07. The van der Waals surface area contributed by atoms with Gasteiger partial charge in [0.05, 0.1) is 23.9 Å². The van der Waals surface area contributed by atoms with E-state index in [-0.39, 0.29) is 12.0 Å². The van der Waals surface area contributed by atoms with Crippen LogP contribution in [0.4, 0.5) is 0 Å². The highest BCUT2D eigenvalue weighted by Crippen LogP contribution is 2.11. The first kappa shape index (κ1) is 12.6. The van der Waals surface area contributed by atoms with Crippen LogP contribution in [-0.4, -0.2) is 32.6 Å². The number of rotatable bonds is 5. The Morgan fingerprint density at radius 2 is 2.25 bits per heavy atom. The Labute approximate surface area is 94.7 Å². The summed E-state index contributed by atoms with van der Waals surface area (Å²) in [5.41, 5.74) is 0.743. The number of aliphatic carboxylic acids is 1. The molecule has 0 atom stereocenters. The van der Waals surface area contributed by atoms with Crippen molar-refractivity contribution in [3.8, 4) is 0 Å². The minimum atomic E-state index is -0.800. The van der Waals surface area contributed by atoms with Crippen molar-refractivity contribution in [1.29, 1.82) is 0 Å². The molecule has 0 saturated heterocycles. The molecule has 2 N–H and O–H groups in total. The number of aromatic nitrogens is 3. The van der Waals surface area contributed by atoms with Gasteiger partial charge in [0.2, 0.25) is 0 Å². The lowest BCUT2D eigenvalue weighted by atomic mass is 10.1. The van der Waals surface area contributed by atoms with Gasteiger partial charge in [-0.25, -0.2) is 4.68 Å². The summed E-state index contributed by atoms with van der Waals surface area (Å²) < 4.78 is 1.79. The number of nitrogens with one attached hydrogen (secondary N) is 1. The lowest BCUT2D eigenvalue weighted by Crippen LogP contribution is -2.22. The third kappa shape index (κ3) is 3.98. The molecule has 0 aliphatic carbocycles. The molecule has 0 amide bonds. The molecule has 1 aromatic rings. The zero-order chi connectivity index (χ0) is 12.2. The van der Waals surface area contributed by atoms with E-state index in [0.717, 1.165) is 5.69 Å². The average molecular weight is 226 g/mol. The minimum absolute atomic E-state index is 0.0771. The van der Waals surface area contributed by atoms with E-state index in [1.807, 2.05) is 27.0 Å². The van der Waals surface area contributed by atoms with Gasteiger partial charge in [0.15, 0.2) is 0 Å². The zero-order valence-corrected chi connectivity index (χ0v) is 9.90. The highest BCUT2D eigenvalue weighted by Gasteiger charge is 2.14. The topological polar surface area (TPSA) is 80.0 Å². The fourth-order valence-electron chi connectivity index (χ4n) is 1.12. The summed E-state index contributed by atoms with van der Waals surface area (Å²) >= 11 is 0. The molecule has 0 aliphatic rings. The number of carboxylic acid groups (broad SMARTS) is 1. The molecular weight excluding hydrogens is 208 g/mol. The monoisotopic (exact) mass is 226 g/mol. The maximum Gasteiger partial charge on any atom is 0.304 e. The van der Waals surface area contributed by atoms with Crippen molar-refractivity contribution in [3.05, 3.63) is 11.9 Å². The van der Waals surface area contributed by atoms with Crippen molar-refractivity contribution in [1.82, 2.24) is 20.3 Å². The van der Waals surface area contributed by atoms with E-state index in [2.05, 4.69) is 15.6 Å². The van der Waals surface area contributed by atoms with Crippen molar-refractivity contribution < 1.29 is 9.90 Å². The maximum atomic E-state index is 10.3. The van der Waals surface area contributed by atoms with Crippen LogP contribution in [0.1, 0.15) is 32.9 Å². The lowest BCUT2D eigenvalue weighted by molar-refractivity contribution is -0.136. The fraction of sp³-hybridized carbons (Fsp3) is 0.700. The molecule has 0 spiro atoms. The number of hydrogen-bond acceptors (Lipinski definition) is 4. The van der Waals surface area contributed by atoms with E-state index >= 15 is 0 Å². The van der Waals surface area contributed by atoms with Gasteiger partial charge in [-0.3, -0.25) is 4.79 Å². The van der Waals surface area contributed by atoms with Gasteiger partial charge in [-0.2, -0.15) is 0 Å². The highest BCUT2D eigenvalue weighted by atomic mass is 16.4. The third-order valence-corrected chi connectivity index (χ3v) is 2.05. The van der Waals surface area contributed by atoms with E-state index in [1.54, 1.807) is 4.68 Å². The second-order valence-electron chi connectivity index (χ2n) is 4.65. The van der Waals surface area contributed by atoms with Crippen molar-refractivity contribution >= 4 is 5.97 Å². The molecule has 0 unspecified atom stereocenters.